The van der Waals surface area contributed by atoms with Crippen LogP contribution in [0.2, 0.25) is 0 Å². The Kier molecular flexibility index (Phi) is 5.36. The average molecular weight is 409 g/mol. The SMILES string of the molecule is C[C@]12CCC(=O)C[C@H]1C[C@@H](O)[C@@H]1[C@@H]2C[C@H](O)[C@]2(C)[C@@H]([C@H](O)CCC(=O)O)CC[C@@H]12. The zero-order valence-corrected chi connectivity index (χ0v) is 17.6. The summed E-state index contributed by atoms with van der Waals surface area (Å²) in [6.45, 7) is 4.31. The van der Waals surface area contributed by atoms with Gasteiger partial charge in [0, 0.05) is 24.7 Å². The Morgan fingerprint density at radius 1 is 1.17 bits per heavy atom. The number of ketones is 1. The van der Waals surface area contributed by atoms with Crippen LogP contribution in [-0.4, -0.2) is 50.5 Å². The Morgan fingerprint density at radius 3 is 2.59 bits per heavy atom. The third-order valence-corrected chi connectivity index (χ3v) is 9.80. The third-order valence-electron chi connectivity index (χ3n) is 9.80. The molecular formula is C23H36O6. The fourth-order valence-electron chi connectivity index (χ4n) is 8.13. The molecule has 0 bridgehead atoms. The molecule has 0 amide bonds. The largest absolute Gasteiger partial charge is 0.481 e. The predicted molar refractivity (Wildman–Crippen MR) is 106 cm³/mol. The molecule has 10 atom stereocenters. The Balaban J connectivity index is 1.61. The molecule has 0 aromatic heterocycles. The first-order valence-corrected chi connectivity index (χ1v) is 11.4. The van der Waals surface area contributed by atoms with E-state index in [4.69, 9.17) is 5.11 Å². The Hall–Kier alpha value is -0.980. The van der Waals surface area contributed by atoms with Gasteiger partial charge in [-0.25, -0.2) is 0 Å². The van der Waals surface area contributed by atoms with Crippen molar-refractivity contribution < 1.29 is 30.0 Å². The molecule has 4 fully saturated rings. The van der Waals surface area contributed by atoms with Gasteiger partial charge in [0.2, 0.25) is 0 Å². The highest BCUT2D eigenvalue weighted by molar-refractivity contribution is 5.79. The number of aliphatic hydroxyl groups is 3. The number of carbonyl (C=O) groups excluding carboxylic acids is 1. The van der Waals surface area contributed by atoms with Gasteiger partial charge in [0.25, 0.3) is 0 Å². The second kappa shape index (κ2) is 7.31. The van der Waals surface area contributed by atoms with Gasteiger partial charge in [-0.05, 0) is 73.5 Å². The smallest absolute Gasteiger partial charge is 0.303 e. The van der Waals surface area contributed by atoms with Crippen LogP contribution < -0.4 is 0 Å². The lowest BCUT2D eigenvalue weighted by Gasteiger charge is -2.63. The highest BCUT2D eigenvalue weighted by Crippen LogP contribution is 2.67. The molecule has 4 saturated carbocycles. The van der Waals surface area contributed by atoms with Gasteiger partial charge in [-0.3, -0.25) is 9.59 Å². The number of Topliss-reactive ketones (excluding diaryl/α,β-unsaturated/α-hetero) is 1. The van der Waals surface area contributed by atoms with Gasteiger partial charge in [-0.2, -0.15) is 0 Å². The summed E-state index contributed by atoms with van der Waals surface area (Å²) >= 11 is 0. The fourth-order valence-corrected chi connectivity index (χ4v) is 8.13. The molecule has 0 aliphatic heterocycles. The summed E-state index contributed by atoms with van der Waals surface area (Å²) in [5.74, 6) is -0.195. The Bertz CT molecular complexity index is 678. The van der Waals surface area contributed by atoms with Gasteiger partial charge in [0.05, 0.1) is 18.3 Å². The third kappa shape index (κ3) is 3.17. The lowest BCUT2D eigenvalue weighted by molar-refractivity contribution is -0.204. The number of fused-ring (bicyclic) bond motifs is 5. The molecule has 29 heavy (non-hydrogen) atoms. The molecule has 0 spiro atoms. The van der Waals surface area contributed by atoms with Crippen molar-refractivity contribution in [2.45, 2.75) is 89.9 Å². The molecule has 4 aliphatic rings. The van der Waals surface area contributed by atoms with Crippen molar-refractivity contribution in [2.75, 3.05) is 0 Å². The predicted octanol–water partition coefficient (Wildman–Crippen LogP) is 2.38. The first-order valence-electron chi connectivity index (χ1n) is 11.4. The van der Waals surface area contributed by atoms with Crippen LogP contribution >= 0.6 is 0 Å². The van der Waals surface area contributed by atoms with Crippen molar-refractivity contribution >= 4 is 11.8 Å². The lowest BCUT2D eigenvalue weighted by atomic mass is 9.43. The van der Waals surface area contributed by atoms with Crippen LogP contribution in [0.25, 0.3) is 0 Å². The number of aliphatic carboxylic acids is 1. The molecular weight excluding hydrogens is 372 g/mol. The molecule has 0 heterocycles. The van der Waals surface area contributed by atoms with E-state index in [9.17, 15) is 24.9 Å². The minimum atomic E-state index is -0.915. The monoisotopic (exact) mass is 408 g/mol. The van der Waals surface area contributed by atoms with Crippen LogP contribution in [0, 0.1) is 40.4 Å². The van der Waals surface area contributed by atoms with Crippen molar-refractivity contribution in [1.82, 2.24) is 0 Å². The Labute approximate surface area is 172 Å². The van der Waals surface area contributed by atoms with E-state index < -0.39 is 29.7 Å². The first-order chi connectivity index (χ1) is 13.6. The minimum absolute atomic E-state index is 0.0277. The number of carbonyl (C=O) groups is 2. The normalized spacial score (nSPS) is 50.4. The van der Waals surface area contributed by atoms with Crippen molar-refractivity contribution in [2.24, 2.45) is 40.4 Å². The molecule has 0 saturated heterocycles. The number of hydrogen-bond acceptors (Lipinski definition) is 5. The standard InChI is InChI=1S/C23H36O6/c1-22-8-7-13(24)9-12(22)10-18(26)21-15-4-3-14(17(25)5-6-20(28)29)23(15,2)19(27)11-16(21)22/h12,14-19,21,25-27H,3-11H2,1-2H3,(H,28,29)/t12-,14+,15-,16-,17+,18+,19-,21-,22-,23+/m0/s1. The van der Waals surface area contributed by atoms with Crippen molar-refractivity contribution in [3.8, 4) is 0 Å². The zero-order chi connectivity index (χ0) is 21.1. The van der Waals surface area contributed by atoms with E-state index in [0.717, 1.165) is 19.3 Å². The van der Waals surface area contributed by atoms with Crippen LogP contribution in [-0.2, 0) is 9.59 Å². The van der Waals surface area contributed by atoms with E-state index in [2.05, 4.69) is 6.92 Å². The minimum Gasteiger partial charge on any atom is -0.481 e. The number of carboxylic acids is 1. The molecule has 164 valence electrons. The van der Waals surface area contributed by atoms with E-state index in [1.54, 1.807) is 0 Å². The molecule has 6 nitrogen and oxygen atoms in total. The fraction of sp³-hybridized carbons (Fsp3) is 0.913. The molecule has 0 aromatic carbocycles. The molecule has 0 radical (unpaired) electrons. The van der Waals surface area contributed by atoms with Gasteiger partial charge >= 0.3 is 5.97 Å². The van der Waals surface area contributed by atoms with E-state index in [0.29, 0.717) is 31.5 Å². The van der Waals surface area contributed by atoms with Crippen molar-refractivity contribution in [3.05, 3.63) is 0 Å². The maximum Gasteiger partial charge on any atom is 0.303 e. The maximum absolute atomic E-state index is 12.1. The molecule has 4 aliphatic carbocycles. The highest BCUT2D eigenvalue weighted by atomic mass is 16.4. The van der Waals surface area contributed by atoms with E-state index in [-0.39, 0.29) is 47.8 Å². The summed E-state index contributed by atoms with van der Waals surface area (Å²) < 4.78 is 0. The lowest BCUT2D eigenvalue weighted by Crippen LogP contribution is -2.62. The van der Waals surface area contributed by atoms with Gasteiger partial charge in [-0.15, -0.1) is 0 Å². The molecule has 0 unspecified atom stereocenters. The van der Waals surface area contributed by atoms with Crippen LogP contribution in [0.3, 0.4) is 0 Å². The van der Waals surface area contributed by atoms with Crippen LogP contribution in [0.15, 0.2) is 0 Å². The topological polar surface area (TPSA) is 115 Å². The van der Waals surface area contributed by atoms with Gasteiger partial charge in [-0.1, -0.05) is 13.8 Å². The molecule has 6 heteroatoms. The number of carboxylic acid groups (broad SMARTS) is 1. The maximum atomic E-state index is 12.1. The number of hydrogen-bond donors (Lipinski definition) is 4. The summed E-state index contributed by atoms with van der Waals surface area (Å²) in [4.78, 5) is 23.0. The van der Waals surface area contributed by atoms with Crippen LogP contribution in [0.4, 0.5) is 0 Å². The van der Waals surface area contributed by atoms with E-state index >= 15 is 0 Å². The van der Waals surface area contributed by atoms with Gasteiger partial charge < -0.3 is 20.4 Å². The summed E-state index contributed by atoms with van der Waals surface area (Å²) in [5, 5.41) is 42.3. The van der Waals surface area contributed by atoms with Crippen LogP contribution in [0.1, 0.15) is 71.6 Å². The average Bonchev–Trinajstić information content (AvgIpc) is 3.01. The van der Waals surface area contributed by atoms with E-state index in [1.165, 1.54) is 0 Å². The number of aliphatic hydroxyl groups excluding tert-OH is 3. The van der Waals surface area contributed by atoms with Gasteiger partial charge in [0.15, 0.2) is 0 Å². The van der Waals surface area contributed by atoms with Crippen molar-refractivity contribution in [1.29, 1.82) is 0 Å². The summed E-state index contributed by atoms with van der Waals surface area (Å²) in [6, 6.07) is 0. The zero-order valence-electron chi connectivity index (χ0n) is 17.6. The van der Waals surface area contributed by atoms with Gasteiger partial charge in [0.1, 0.15) is 5.78 Å². The van der Waals surface area contributed by atoms with Crippen molar-refractivity contribution in [3.63, 3.8) is 0 Å². The molecule has 0 aromatic rings. The summed E-state index contributed by atoms with van der Waals surface area (Å²) in [5.41, 5.74) is -0.534. The Morgan fingerprint density at radius 2 is 1.90 bits per heavy atom. The highest BCUT2D eigenvalue weighted by Gasteiger charge is 2.66. The summed E-state index contributed by atoms with van der Waals surface area (Å²) in [7, 11) is 0. The molecule has 4 rings (SSSR count). The quantitative estimate of drug-likeness (QED) is 0.568. The number of rotatable bonds is 4. The molecule has 4 N–H and O–H groups in total. The van der Waals surface area contributed by atoms with Crippen LogP contribution in [0.5, 0.6) is 0 Å². The van der Waals surface area contributed by atoms with E-state index in [1.807, 2.05) is 6.92 Å². The first kappa shape index (κ1) is 21.3. The summed E-state index contributed by atoms with van der Waals surface area (Å²) in [6.07, 6.45) is 3.16. The second-order valence-corrected chi connectivity index (χ2v) is 10.8. The second-order valence-electron chi connectivity index (χ2n) is 10.8.